The van der Waals surface area contributed by atoms with E-state index in [-0.39, 0.29) is 11.4 Å². The number of nitro benzene ring substituents is 1. The SMILES string of the molecule is O=[N+]([O-])c1ccc(N=Nc2ccc(O)c(C=NCc3ccco3)c2)cc1. The first-order valence-corrected chi connectivity index (χ1v) is 7.63. The van der Waals surface area contributed by atoms with Gasteiger partial charge in [0.2, 0.25) is 0 Å². The van der Waals surface area contributed by atoms with Crippen LogP contribution in [0, 0.1) is 10.1 Å². The molecule has 0 radical (unpaired) electrons. The second-order valence-corrected chi connectivity index (χ2v) is 5.27. The molecule has 0 unspecified atom stereocenters. The van der Waals surface area contributed by atoms with Crippen molar-refractivity contribution in [2.24, 2.45) is 15.2 Å². The monoisotopic (exact) mass is 350 g/mol. The minimum absolute atomic E-state index is 0.0105. The van der Waals surface area contributed by atoms with Gasteiger partial charge in [-0.15, -0.1) is 0 Å². The molecule has 2 aromatic carbocycles. The fourth-order valence-corrected chi connectivity index (χ4v) is 2.10. The Kier molecular flexibility index (Phi) is 5.14. The van der Waals surface area contributed by atoms with Gasteiger partial charge in [-0.2, -0.15) is 10.2 Å². The van der Waals surface area contributed by atoms with Crippen LogP contribution in [0.25, 0.3) is 0 Å². The van der Waals surface area contributed by atoms with Gasteiger partial charge in [-0.25, -0.2) is 0 Å². The second-order valence-electron chi connectivity index (χ2n) is 5.27. The van der Waals surface area contributed by atoms with Crippen molar-refractivity contribution in [1.29, 1.82) is 0 Å². The van der Waals surface area contributed by atoms with Crippen molar-refractivity contribution < 1.29 is 14.4 Å². The van der Waals surface area contributed by atoms with Crippen LogP contribution in [0.4, 0.5) is 17.1 Å². The number of hydrogen-bond donors (Lipinski definition) is 1. The van der Waals surface area contributed by atoms with E-state index in [1.54, 1.807) is 24.5 Å². The van der Waals surface area contributed by atoms with Gasteiger partial charge in [0.1, 0.15) is 11.5 Å². The number of aromatic hydroxyl groups is 1. The summed E-state index contributed by atoms with van der Waals surface area (Å²) >= 11 is 0. The lowest BCUT2D eigenvalue weighted by molar-refractivity contribution is -0.384. The molecule has 0 fully saturated rings. The maximum atomic E-state index is 10.6. The normalized spacial score (nSPS) is 11.4. The number of hydrogen-bond acceptors (Lipinski definition) is 7. The lowest BCUT2D eigenvalue weighted by Crippen LogP contribution is -1.85. The Balaban J connectivity index is 1.72. The van der Waals surface area contributed by atoms with Crippen molar-refractivity contribution >= 4 is 23.3 Å². The van der Waals surface area contributed by atoms with Gasteiger partial charge in [-0.3, -0.25) is 15.1 Å². The largest absolute Gasteiger partial charge is 0.507 e. The van der Waals surface area contributed by atoms with Crippen LogP contribution < -0.4 is 0 Å². The second kappa shape index (κ2) is 7.84. The van der Waals surface area contributed by atoms with Crippen LogP contribution in [0.5, 0.6) is 5.75 Å². The molecule has 3 aromatic rings. The number of azo groups is 1. The molecule has 1 N–H and O–H groups in total. The lowest BCUT2D eigenvalue weighted by atomic mass is 10.2. The van der Waals surface area contributed by atoms with E-state index in [9.17, 15) is 15.2 Å². The van der Waals surface area contributed by atoms with Gasteiger partial charge in [0.25, 0.3) is 5.69 Å². The van der Waals surface area contributed by atoms with E-state index in [2.05, 4.69) is 15.2 Å². The van der Waals surface area contributed by atoms with Crippen molar-refractivity contribution in [2.75, 3.05) is 0 Å². The molecule has 0 saturated carbocycles. The van der Waals surface area contributed by atoms with Crippen LogP contribution in [0.3, 0.4) is 0 Å². The Labute approximate surface area is 148 Å². The number of rotatable bonds is 6. The predicted octanol–water partition coefficient (Wildman–Crippen LogP) is 4.93. The first-order chi connectivity index (χ1) is 12.6. The van der Waals surface area contributed by atoms with Gasteiger partial charge in [-0.1, -0.05) is 0 Å². The number of benzene rings is 2. The molecule has 0 aliphatic carbocycles. The molecule has 130 valence electrons. The standard InChI is InChI=1S/C18H14N4O4/c23-18-8-5-15(10-13(18)11-19-12-17-2-1-9-26-17)21-20-14-3-6-16(7-4-14)22(24)25/h1-11,23H,12H2. The quantitative estimate of drug-likeness (QED) is 0.294. The average molecular weight is 350 g/mol. The summed E-state index contributed by atoms with van der Waals surface area (Å²) in [6, 6.07) is 14.1. The molecule has 0 atom stereocenters. The van der Waals surface area contributed by atoms with E-state index in [0.29, 0.717) is 23.5 Å². The molecular weight excluding hydrogens is 336 g/mol. The highest BCUT2D eigenvalue weighted by Crippen LogP contribution is 2.25. The molecule has 8 nitrogen and oxygen atoms in total. The average Bonchev–Trinajstić information content (AvgIpc) is 3.16. The van der Waals surface area contributed by atoms with E-state index in [1.165, 1.54) is 36.5 Å². The molecule has 1 aromatic heterocycles. The maximum absolute atomic E-state index is 10.6. The Bertz CT molecular complexity index is 948. The maximum Gasteiger partial charge on any atom is 0.269 e. The third-order valence-electron chi connectivity index (χ3n) is 3.41. The summed E-state index contributed by atoms with van der Waals surface area (Å²) in [6.45, 7) is 0.362. The number of nitrogens with zero attached hydrogens (tertiary/aromatic N) is 4. The molecule has 0 aliphatic heterocycles. The van der Waals surface area contributed by atoms with E-state index in [0.717, 1.165) is 5.76 Å². The number of non-ortho nitro benzene ring substituents is 1. The molecule has 0 spiro atoms. The van der Waals surface area contributed by atoms with Gasteiger partial charge >= 0.3 is 0 Å². The summed E-state index contributed by atoms with van der Waals surface area (Å²) in [5.74, 6) is 0.789. The molecule has 0 saturated heterocycles. The van der Waals surface area contributed by atoms with Crippen LogP contribution in [-0.2, 0) is 6.54 Å². The van der Waals surface area contributed by atoms with Gasteiger partial charge < -0.3 is 9.52 Å². The number of phenolic OH excluding ortho intramolecular Hbond substituents is 1. The summed E-state index contributed by atoms with van der Waals surface area (Å²) < 4.78 is 5.18. The minimum atomic E-state index is -0.477. The van der Waals surface area contributed by atoms with Crippen molar-refractivity contribution in [2.45, 2.75) is 6.54 Å². The highest BCUT2D eigenvalue weighted by Gasteiger charge is 2.04. The third kappa shape index (κ3) is 4.38. The minimum Gasteiger partial charge on any atom is -0.507 e. The zero-order valence-electron chi connectivity index (χ0n) is 13.5. The summed E-state index contributed by atoms with van der Waals surface area (Å²) in [5.41, 5.74) is 1.48. The number of aliphatic imine (C=N–C) groups is 1. The molecular formula is C18H14N4O4. The number of nitro groups is 1. The van der Waals surface area contributed by atoms with Crippen LogP contribution >= 0.6 is 0 Å². The highest BCUT2D eigenvalue weighted by atomic mass is 16.6. The van der Waals surface area contributed by atoms with Crippen molar-refractivity contribution in [1.82, 2.24) is 0 Å². The molecule has 3 rings (SSSR count). The Morgan fingerprint density at radius 1 is 1.08 bits per heavy atom. The first-order valence-electron chi connectivity index (χ1n) is 7.63. The van der Waals surface area contributed by atoms with E-state index < -0.39 is 4.92 Å². The van der Waals surface area contributed by atoms with Crippen molar-refractivity contribution in [3.8, 4) is 5.75 Å². The van der Waals surface area contributed by atoms with E-state index >= 15 is 0 Å². The topological polar surface area (TPSA) is 114 Å². The molecule has 0 aliphatic rings. The van der Waals surface area contributed by atoms with Crippen molar-refractivity contribution in [3.05, 3.63) is 82.3 Å². The highest BCUT2D eigenvalue weighted by molar-refractivity contribution is 5.84. The molecule has 26 heavy (non-hydrogen) atoms. The molecule has 8 heteroatoms. The van der Waals surface area contributed by atoms with Crippen LogP contribution in [0.15, 0.2) is 80.5 Å². The van der Waals surface area contributed by atoms with Crippen molar-refractivity contribution in [3.63, 3.8) is 0 Å². The Morgan fingerprint density at radius 3 is 2.50 bits per heavy atom. The zero-order valence-corrected chi connectivity index (χ0v) is 13.5. The van der Waals surface area contributed by atoms with Crippen LogP contribution in [-0.4, -0.2) is 16.2 Å². The first kappa shape index (κ1) is 17.0. The zero-order chi connectivity index (χ0) is 18.4. The fraction of sp³-hybridized carbons (Fsp3) is 0.0556. The summed E-state index contributed by atoms with van der Waals surface area (Å²) in [7, 11) is 0. The van der Waals surface area contributed by atoms with Crippen LogP contribution in [0.2, 0.25) is 0 Å². The molecule has 1 heterocycles. The van der Waals surface area contributed by atoms with E-state index in [4.69, 9.17) is 4.42 Å². The smallest absolute Gasteiger partial charge is 0.269 e. The summed E-state index contributed by atoms with van der Waals surface area (Å²) in [5, 5.41) is 28.6. The predicted molar refractivity (Wildman–Crippen MR) is 95.4 cm³/mol. The molecule has 0 bridgehead atoms. The Morgan fingerprint density at radius 2 is 1.81 bits per heavy atom. The number of furan rings is 1. The summed E-state index contributed by atoms with van der Waals surface area (Å²) in [6.07, 6.45) is 3.10. The van der Waals surface area contributed by atoms with Gasteiger partial charge in [0.15, 0.2) is 0 Å². The third-order valence-corrected chi connectivity index (χ3v) is 3.41. The lowest BCUT2D eigenvalue weighted by Gasteiger charge is -2.00. The fourth-order valence-electron chi connectivity index (χ4n) is 2.10. The van der Waals surface area contributed by atoms with Gasteiger partial charge in [-0.05, 0) is 42.5 Å². The van der Waals surface area contributed by atoms with Crippen LogP contribution in [0.1, 0.15) is 11.3 Å². The van der Waals surface area contributed by atoms with E-state index in [1.807, 2.05) is 6.07 Å². The summed E-state index contributed by atoms with van der Waals surface area (Å²) in [4.78, 5) is 14.4. The number of phenols is 1. The Hall–Kier alpha value is -3.81. The van der Waals surface area contributed by atoms with Gasteiger partial charge in [0.05, 0.1) is 29.1 Å². The van der Waals surface area contributed by atoms with Gasteiger partial charge in [0, 0.05) is 23.9 Å². The molecule has 0 amide bonds.